The molecule has 0 bridgehead atoms. The number of hydrogen-bond acceptors (Lipinski definition) is 3. The van der Waals surface area contributed by atoms with E-state index in [1.807, 2.05) is 0 Å². The molecular formula is C8H5F2N3O2. The first-order valence-corrected chi connectivity index (χ1v) is 3.95. The van der Waals surface area contributed by atoms with Gasteiger partial charge in [0.15, 0.2) is 5.65 Å². The first kappa shape index (κ1) is 9.50. The van der Waals surface area contributed by atoms with E-state index in [4.69, 9.17) is 5.11 Å². The van der Waals surface area contributed by atoms with Crippen LogP contribution >= 0.6 is 0 Å². The van der Waals surface area contributed by atoms with Crippen molar-refractivity contribution in [3.05, 3.63) is 29.7 Å². The Hall–Kier alpha value is -2.05. The molecule has 0 aliphatic carbocycles. The van der Waals surface area contributed by atoms with E-state index in [0.29, 0.717) is 0 Å². The summed E-state index contributed by atoms with van der Waals surface area (Å²) in [5, 5.41) is 12.4. The number of alkyl halides is 2. The third-order valence-corrected chi connectivity index (χ3v) is 1.84. The number of nitrogens with zero attached hydrogens (tertiary/aromatic N) is 3. The van der Waals surface area contributed by atoms with Crippen LogP contribution < -0.4 is 0 Å². The van der Waals surface area contributed by atoms with Gasteiger partial charge in [0, 0.05) is 6.20 Å². The van der Waals surface area contributed by atoms with Crippen LogP contribution in [0.1, 0.15) is 22.5 Å². The van der Waals surface area contributed by atoms with Gasteiger partial charge < -0.3 is 5.11 Å². The fraction of sp³-hybridized carbons (Fsp3) is 0.125. The number of hydrogen-bond donors (Lipinski definition) is 1. The van der Waals surface area contributed by atoms with Crippen molar-refractivity contribution >= 4 is 11.6 Å². The van der Waals surface area contributed by atoms with E-state index >= 15 is 0 Å². The molecule has 0 atom stereocenters. The van der Waals surface area contributed by atoms with Gasteiger partial charge in [-0.1, -0.05) is 0 Å². The summed E-state index contributed by atoms with van der Waals surface area (Å²) < 4.78 is 25.7. The molecule has 0 saturated heterocycles. The molecule has 0 aliphatic rings. The van der Waals surface area contributed by atoms with Gasteiger partial charge in [0.2, 0.25) is 0 Å². The quantitative estimate of drug-likeness (QED) is 0.817. The lowest BCUT2D eigenvalue weighted by molar-refractivity contribution is 0.0698. The predicted octanol–water partition coefficient (Wildman–Crippen LogP) is 1.37. The number of aromatic carboxylic acids is 1. The molecule has 2 rings (SSSR count). The maximum Gasteiger partial charge on any atom is 0.341 e. The fourth-order valence-corrected chi connectivity index (χ4v) is 1.16. The number of aromatic nitrogens is 3. The highest BCUT2D eigenvalue weighted by atomic mass is 19.3. The number of carboxylic acid groups (broad SMARTS) is 1. The van der Waals surface area contributed by atoms with Gasteiger partial charge in [-0.15, -0.1) is 0 Å². The molecule has 78 valence electrons. The molecule has 0 aromatic carbocycles. The zero-order valence-electron chi connectivity index (χ0n) is 7.26. The van der Waals surface area contributed by atoms with Crippen LogP contribution in [0.4, 0.5) is 8.78 Å². The Kier molecular flexibility index (Phi) is 2.07. The highest BCUT2D eigenvalue weighted by Gasteiger charge is 2.15. The summed E-state index contributed by atoms with van der Waals surface area (Å²) in [6.45, 7) is 0. The van der Waals surface area contributed by atoms with Gasteiger partial charge in [0.1, 0.15) is 11.3 Å². The van der Waals surface area contributed by atoms with E-state index in [1.54, 1.807) is 0 Å². The Labute approximate surface area is 82.0 Å². The van der Waals surface area contributed by atoms with Crippen LogP contribution in [-0.4, -0.2) is 25.7 Å². The van der Waals surface area contributed by atoms with Crippen molar-refractivity contribution in [2.75, 3.05) is 0 Å². The summed E-state index contributed by atoms with van der Waals surface area (Å²) in [6, 6.07) is 1.09. The smallest absolute Gasteiger partial charge is 0.341 e. The number of fused-ring (bicyclic) bond motifs is 1. The number of rotatable bonds is 2. The highest BCUT2D eigenvalue weighted by Crippen LogP contribution is 2.17. The van der Waals surface area contributed by atoms with Crippen LogP contribution in [0.15, 0.2) is 18.5 Å². The predicted molar refractivity (Wildman–Crippen MR) is 44.9 cm³/mol. The molecule has 0 amide bonds. The zero-order valence-corrected chi connectivity index (χ0v) is 7.26. The average molecular weight is 213 g/mol. The first-order chi connectivity index (χ1) is 7.09. The van der Waals surface area contributed by atoms with Crippen LogP contribution in [-0.2, 0) is 0 Å². The van der Waals surface area contributed by atoms with Crippen molar-refractivity contribution in [3.63, 3.8) is 0 Å². The maximum atomic E-state index is 12.3. The third-order valence-electron chi connectivity index (χ3n) is 1.84. The van der Waals surface area contributed by atoms with Crippen LogP contribution in [0, 0.1) is 0 Å². The first-order valence-electron chi connectivity index (χ1n) is 3.95. The molecule has 2 heterocycles. The van der Waals surface area contributed by atoms with E-state index < -0.39 is 18.1 Å². The fourth-order valence-electron chi connectivity index (χ4n) is 1.16. The molecule has 0 radical (unpaired) electrons. The molecule has 15 heavy (non-hydrogen) atoms. The minimum atomic E-state index is -2.73. The summed E-state index contributed by atoms with van der Waals surface area (Å²) in [5.41, 5.74) is -0.747. The zero-order chi connectivity index (χ0) is 11.0. The standard InChI is InChI=1S/C8H5F2N3O2/c9-6(10)5-1-2-13-7(12-5)4(3-11-13)8(14)15/h1-3,6H,(H,14,15). The molecule has 2 aromatic rings. The normalized spacial score (nSPS) is 11.1. The summed E-state index contributed by atoms with van der Waals surface area (Å²) in [4.78, 5) is 14.2. The van der Waals surface area contributed by atoms with Gasteiger partial charge >= 0.3 is 5.97 Å². The van der Waals surface area contributed by atoms with Crippen molar-refractivity contribution < 1.29 is 18.7 Å². The minimum absolute atomic E-state index is 0.0831. The lowest BCUT2D eigenvalue weighted by Crippen LogP contribution is -2.00. The van der Waals surface area contributed by atoms with Crippen LogP contribution in [0.5, 0.6) is 0 Å². The van der Waals surface area contributed by atoms with Crippen LogP contribution in [0.25, 0.3) is 5.65 Å². The second kappa shape index (κ2) is 3.26. The Balaban J connectivity index is 2.66. The molecule has 0 aliphatic heterocycles. The van der Waals surface area contributed by atoms with Gasteiger partial charge in [-0.3, -0.25) is 0 Å². The summed E-state index contributed by atoms with van der Waals surface area (Å²) >= 11 is 0. The average Bonchev–Trinajstić information content (AvgIpc) is 2.59. The van der Waals surface area contributed by atoms with Gasteiger partial charge in [-0.25, -0.2) is 23.1 Å². The largest absolute Gasteiger partial charge is 0.477 e. The van der Waals surface area contributed by atoms with E-state index in [-0.39, 0.29) is 11.2 Å². The van der Waals surface area contributed by atoms with Crippen LogP contribution in [0.3, 0.4) is 0 Å². The van der Waals surface area contributed by atoms with Gasteiger partial charge in [0.25, 0.3) is 6.43 Å². The second-order valence-electron chi connectivity index (χ2n) is 2.78. The Morgan fingerprint density at radius 1 is 1.53 bits per heavy atom. The summed E-state index contributed by atoms with van der Waals surface area (Å²) in [6.07, 6.45) is -0.414. The molecule has 2 aromatic heterocycles. The summed E-state index contributed by atoms with van der Waals surface area (Å²) in [5.74, 6) is -1.25. The SMILES string of the molecule is O=C(O)c1cnn2ccc(C(F)F)nc12. The monoisotopic (exact) mass is 213 g/mol. The van der Waals surface area contributed by atoms with Gasteiger partial charge in [-0.05, 0) is 6.07 Å². The molecule has 1 N–H and O–H groups in total. The molecule has 7 heteroatoms. The lowest BCUT2D eigenvalue weighted by Gasteiger charge is -1.99. The Bertz CT molecular complexity index is 524. The third kappa shape index (κ3) is 1.51. The molecule has 0 fully saturated rings. The van der Waals surface area contributed by atoms with Crippen molar-refractivity contribution in [2.24, 2.45) is 0 Å². The second-order valence-corrected chi connectivity index (χ2v) is 2.78. The van der Waals surface area contributed by atoms with Crippen LogP contribution in [0.2, 0.25) is 0 Å². The molecule has 0 spiro atoms. The molecule has 0 unspecified atom stereocenters. The van der Waals surface area contributed by atoms with Crippen molar-refractivity contribution in [1.82, 2.24) is 14.6 Å². The topological polar surface area (TPSA) is 67.5 Å². The molecule has 0 saturated carbocycles. The number of carboxylic acids is 1. The molecule has 5 nitrogen and oxygen atoms in total. The number of carbonyl (C=O) groups is 1. The molecular weight excluding hydrogens is 208 g/mol. The van der Waals surface area contributed by atoms with Crippen molar-refractivity contribution in [3.8, 4) is 0 Å². The van der Waals surface area contributed by atoms with E-state index in [1.165, 1.54) is 6.20 Å². The van der Waals surface area contributed by atoms with E-state index in [9.17, 15) is 13.6 Å². The summed E-state index contributed by atoms with van der Waals surface area (Å²) in [7, 11) is 0. The van der Waals surface area contributed by atoms with Crippen molar-refractivity contribution in [2.45, 2.75) is 6.43 Å². The Morgan fingerprint density at radius 2 is 2.27 bits per heavy atom. The highest BCUT2D eigenvalue weighted by molar-refractivity contribution is 5.94. The maximum absolute atomic E-state index is 12.3. The van der Waals surface area contributed by atoms with E-state index in [2.05, 4.69) is 10.1 Å². The Morgan fingerprint density at radius 3 is 2.87 bits per heavy atom. The van der Waals surface area contributed by atoms with Gasteiger partial charge in [-0.2, -0.15) is 5.10 Å². The minimum Gasteiger partial charge on any atom is -0.477 e. The van der Waals surface area contributed by atoms with Crippen molar-refractivity contribution in [1.29, 1.82) is 0 Å². The van der Waals surface area contributed by atoms with Gasteiger partial charge in [0.05, 0.1) is 6.20 Å². The number of halogens is 2. The lowest BCUT2D eigenvalue weighted by atomic mass is 10.3. The van der Waals surface area contributed by atoms with E-state index in [0.717, 1.165) is 16.8 Å².